The maximum absolute atomic E-state index is 13.4. The van der Waals surface area contributed by atoms with Crippen LogP contribution in [0.25, 0.3) is 0 Å². The number of nitrogens with zero attached hydrogens (tertiary/aromatic N) is 2. The number of hydrogen-bond donors (Lipinski definition) is 0. The first-order chi connectivity index (χ1) is 17.0. The van der Waals surface area contributed by atoms with Crippen LogP contribution < -0.4 is 0 Å². The van der Waals surface area contributed by atoms with E-state index in [0.717, 1.165) is 41.1 Å². The van der Waals surface area contributed by atoms with Gasteiger partial charge < -0.3 is 0 Å². The zero-order valence-corrected chi connectivity index (χ0v) is 24.4. The Morgan fingerprint density at radius 1 is 0.833 bits per heavy atom. The van der Waals surface area contributed by atoms with Crippen LogP contribution in [-0.2, 0) is 20.0 Å². The predicted molar refractivity (Wildman–Crippen MR) is 150 cm³/mol. The molecule has 196 valence electrons. The van der Waals surface area contributed by atoms with Crippen LogP contribution in [-0.4, -0.2) is 45.1 Å². The molecule has 0 fully saturated rings. The summed E-state index contributed by atoms with van der Waals surface area (Å²) in [5.74, 6) is 2.97. The summed E-state index contributed by atoms with van der Waals surface area (Å²) < 4.78 is 56.3. The van der Waals surface area contributed by atoms with Gasteiger partial charge >= 0.3 is 0 Å². The lowest BCUT2D eigenvalue weighted by Gasteiger charge is -2.25. The fourth-order valence-corrected chi connectivity index (χ4v) is 6.53. The van der Waals surface area contributed by atoms with Crippen molar-refractivity contribution in [3.05, 3.63) is 70.7 Å². The third kappa shape index (κ3) is 8.77. The fourth-order valence-electron chi connectivity index (χ4n) is 3.40. The van der Waals surface area contributed by atoms with Crippen LogP contribution in [0.5, 0.6) is 0 Å². The van der Waals surface area contributed by atoms with Crippen molar-refractivity contribution in [2.75, 3.05) is 19.6 Å². The zero-order valence-electron chi connectivity index (χ0n) is 21.2. The summed E-state index contributed by atoms with van der Waals surface area (Å²) in [6.07, 6.45) is 4.70. The largest absolute Gasteiger partial charge is 0.271 e. The summed E-state index contributed by atoms with van der Waals surface area (Å²) in [5, 5.41) is 0. The Labute approximate surface area is 225 Å². The summed E-state index contributed by atoms with van der Waals surface area (Å²) in [5.41, 5.74) is 1.88. The van der Waals surface area contributed by atoms with Crippen molar-refractivity contribution in [2.24, 2.45) is 0 Å². The van der Waals surface area contributed by atoms with Crippen molar-refractivity contribution < 1.29 is 16.8 Å². The van der Waals surface area contributed by atoms with Gasteiger partial charge in [0.25, 0.3) is 10.0 Å². The van der Waals surface area contributed by atoms with Crippen molar-refractivity contribution in [1.29, 1.82) is 0 Å². The Bertz CT molecular complexity index is 1280. The Morgan fingerprint density at radius 2 is 1.36 bits per heavy atom. The molecule has 0 saturated heterocycles. The molecule has 0 amide bonds. The lowest BCUT2D eigenvalue weighted by atomic mass is 10.2. The van der Waals surface area contributed by atoms with E-state index < -0.39 is 20.0 Å². The quantitative estimate of drug-likeness (QED) is 0.166. The van der Waals surface area contributed by atoms with E-state index in [-0.39, 0.29) is 29.4 Å². The molecule has 0 saturated carbocycles. The molecule has 0 spiro atoms. The maximum atomic E-state index is 13.4. The van der Waals surface area contributed by atoms with Gasteiger partial charge in [-0.1, -0.05) is 90.0 Å². The molecule has 9 heteroatoms. The molecule has 0 atom stereocenters. The van der Waals surface area contributed by atoms with E-state index in [9.17, 15) is 16.8 Å². The molecular formula is C27H35BrN2O4S2. The minimum Gasteiger partial charge on any atom is -0.223 e. The van der Waals surface area contributed by atoms with Crippen LogP contribution in [0.4, 0.5) is 0 Å². The Hall–Kier alpha value is -2.12. The highest BCUT2D eigenvalue weighted by atomic mass is 79.9. The van der Waals surface area contributed by atoms with Gasteiger partial charge in [0.1, 0.15) is 0 Å². The van der Waals surface area contributed by atoms with Crippen molar-refractivity contribution in [1.82, 2.24) is 8.61 Å². The number of hydrogen-bond acceptors (Lipinski definition) is 4. The molecule has 6 nitrogen and oxygen atoms in total. The van der Waals surface area contributed by atoms with E-state index in [1.165, 1.54) is 4.31 Å². The summed E-state index contributed by atoms with van der Waals surface area (Å²) in [6.45, 7) is 9.46. The van der Waals surface area contributed by atoms with Crippen molar-refractivity contribution in [3.8, 4) is 12.0 Å². The zero-order chi connectivity index (χ0) is 26.8. The number of benzene rings is 2. The van der Waals surface area contributed by atoms with E-state index in [4.69, 9.17) is 0 Å². The normalized spacial score (nSPS) is 11.7. The minimum atomic E-state index is -3.95. The van der Waals surface area contributed by atoms with E-state index in [0.29, 0.717) is 10.9 Å². The second kappa shape index (κ2) is 14.0. The van der Waals surface area contributed by atoms with Crippen molar-refractivity contribution >= 4 is 36.0 Å². The number of halogens is 1. The maximum Gasteiger partial charge on any atom is 0.271 e. The second-order valence-electron chi connectivity index (χ2n) is 8.66. The molecule has 0 aliphatic rings. The molecular weight excluding hydrogens is 560 g/mol. The van der Waals surface area contributed by atoms with Crippen LogP contribution in [0.15, 0.2) is 69.4 Å². The van der Waals surface area contributed by atoms with Gasteiger partial charge in [-0.15, -0.1) is 0 Å². The lowest BCUT2D eigenvalue weighted by molar-refractivity contribution is 0.406. The van der Waals surface area contributed by atoms with Gasteiger partial charge in [0.05, 0.1) is 16.3 Å². The summed E-state index contributed by atoms with van der Waals surface area (Å²) in [7, 11) is -7.84. The lowest BCUT2D eigenvalue weighted by Crippen LogP contribution is -2.39. The monoisotopic (exact) mass is 594 g/mol. The molecule has 0 unspecified atom stereocenters. The molecule has 0 aromatic heterocycles. The van der Waals surface area contributed by atoms with Crippen molar-refractivity contribution in [3.63, 3.8) is 0 Å². The molecule has 0 bridgehead atoms. The number of aryl methyl sites for hydroxylation is 2. The van der Waals surface area contributed by atoms with Crippen molar-refractivity contribution in [2.45, 2.75) is 62.7 Å². The van der Waals surface area contributed by atoms with Crippen LogP contribution in [0.1, 0.15) is 50.2 Å². The minimum absolute atomic E-state index is 0.000917. The van der Waals surface area contributed by atoms with Gasteiger partial charge in [0.15, 0.2) is 0 Å². The Kier molecular flexibility index (Phi) is 11.7. The third-order valence-electron chi connectivity index (χ3n) is 5.53. The Morgan fingerprint density at radius 3 is 1.86 bits per heavy atom. The highest BCUT2D eigenvalue weighted by molar-refractivity contribution is 9.11. The highest BCUT2D eigenvalue weighted by Gasteiger charge is 2.28. The van der Waals surface area contributed by atoms with Gasteiger partial charge in [-0.05, 0) is 44.5 Å². The first-order valence-corrected chi connectivity index (χ1v) is 15.6. The number of unbranched alkanes of at least 4 members (excludes halogenated alkanes) is 4. The van der Waals surface area contributed by atoms with Crippen LogP contribution >= 0.6 is 15.9 Å². The fraction of sp³-hybridized carbons (Fsp3) is 0.407. The van der Waals surface area contributed by atoms with Crippen LogP contribution in [0, 0.1) is 25.8 Å². The average Bonchev–Trinajstić information content (AvgIpc) is 2.82. The predicted octanol–water partition coefficient (Wildman–Crippen LogP) is 5.82. The third-order valence-corrected chi connectivity index (χ3v) is 9.36. The van der Waals surface area contributed by atoms with Gasteiger partial charge in [-0.2, -0.15) is 4.31 Å². The topological polar surface area (TPSA) is 74.8 Å². The van der Waals surface area contributed by atoms with Gasteiger partial charge in [-0.3, -0.25) is 0 Å². The SMILES string of the molecule is C=C(Br)CN(CCN(C#CCCCCCC)S(=O)(=O)c1ccc(C)cc1)S(=O)(=O)c1ccc(C)cc1. The molecule has 0 heterocycles. The van der Waals surface area contributed by atoms with E-state index >= 15 is 0 Å². The van der Waals surface area contributed by atoms with E-state index in [1.54, 1.807) is 48.5 Å². The first kappa shape index (κ1) is 30.1. The van der Waals surface area contributed by atoms with E-state index in [1.807, 2.05) is 13.8 Å². The van der Waals surface area contributed by atoms with Gasteiger partial charge in [0, 0.05) is 30.0 Å². The highest BCUT2D eigenvalue weighted by Crippen LogP contribution is 2.21. The van der Waals surface area contributed by atoms with Crippen LogP contribution in [0.2, 0.25) is 0 Å². The molecule has 0 radical (unpaired) electrons. The number of rotatable bonds is 13. The standard InChI is InChI=1S/C27H35BrN2O4S2/c1-5-6-7-8-9-10-19-29(35(31,32)26-15-11-23(2)12-16-26)20-21-30(22-25(4)28)36(33,34)27-17-13-24(3)14-18-27/h11-18H,4-9,20-22H2,1-3H3. The number of sulfonamides is 2. The molecule has 2 aromatic rings. The Balaban J connectivity index is 2.34. The van der Waals surface area contributed by atoms with Crippen LogP contribution in [0.3, 0.4) is 0 Å². The second-order valence-corrected chi connectivity index (χ2v) is 13.6. The smallest absolute Gasteiger partial charge is 0.223 e. The molecule has 36 heavy (non-hydrogen) atoms. The first-order valence-electron chi connectivity index (χ1n) is 12.0. The van der Waals surface area contributed by atoms with Gasteiger partial charge in [-0.25, -0.2) is 21.1 Å². The molecule has 0 aliphatic heterocycles. The van der Waals surface area contributed by atoms with Gasteiger partial charge in [0.2, 0.25) is 10.0 Å². The summed E-state index contributed by atoms with van der Waals surface area (Å²) >= 11 is 3.25. The molecule has 0 aliphatic carbocycles. The molecule has 0 N–H and O–H groups in total. The molecule has 2 rings (SSSR count). The molecule has 2 aromatic carbocycles. The summed E-state index contributed by atoms with van der Waals surface area (Å²) in [6, 6.07) is 15.9. The summed E-state index contributed by atoms with van der Waals surface area (Å²) in [4.78, 5) is 0.253. The average molecular weight is 596 g/mol. The van der Waals surface area contributed by atoms with E-state index in [2.05, 4.69) is 41.4 Å².